The number of epoxide rings is 1. The third-order valence-corrected chi connectivity index (χ3v) is 16.7. The fourth-order valence-corrected chi connectivity index (χ4v) is 10.7. The molecule has 3 aliphatic rings. The van der Waals surface area contributed by atoms with Gasteiger partial charge < -0.3 is 66.2 Å². The SMILES string of the molecule is C=C(CBr)C(=O)NCCCCCC(=O)N[C@H](C(=O)N[C@@H](CCCNC(N)=O)C(=O)Nc1ccccc1C(=O)N(C)[C@@H](C)C(=O)O[C@H]1CC(=O)N(C)c2cc(cc(C)c2Cl)C/C(C)=C/C=C/[C@@H](OC)[C@@]2(O)C[C@H](OC(=O)N2)[C@@H](C)[C@@H]2O[C@@]12C)C(C)C. The number of halogens is 2. The number of alkyl halides is 1. The number of primary amides is 1. The molecule has 10 atom stereocenters. The zero-order valence-electron chi connectivity index (χ0n) is 50.1. The number of hydrogen-bond donors (Lipinski definition) is 8. The number of urea groups is 1. The fraction of sp³-hybridized carbons (Fsp3) is 0.550. The molecular weight excluding hydrogens is 1190 g/mol. The van der Waals surface area contributed by atoms with Crippen molar-refractivity contribution in [2.75, 3.05) is 49.8 Å². The normalized spacial score (nSPS) is 24.3. The first-order chi connectivity index (χ1) is 40.0. The maximum Gasteiger partial charge on any atom is 0.409 e. The zero-order chi connectivity index (χ0) is 63.1. The summed E-state index contributed by atoms with van der Waals surface area (Å²) < 4.78 is 24.0. The summed E-state index contributed by atoms with van der Waals surface area (Å²) >= 11 is 10.1. The van der Waals surface area contributed by atoms with E-state index < -0.39 is 114 Å². The predicted molar refractivity (Wildman–Crippen MR) is 323 cm³/mol. The summed E-state index contributed by atoms with van der Waals surface area (Å²) in [5.74, 6) is -5.25. The highest BCUT2D eigenvalue weighted by Crippen LogP contribution is 2.49. The second kappa shape index (κ2) is 31.0. The topological polar surface area (TPSA) is 319 Å². The molecular formula is C60H83BrClN9O14. The number of carbonyl (C=O) groups excluding carboxylic acids is 9. The smallest absolute Gasteiger partial charge is 0.409 e. The number of esters is 1. The summed E-state index contributed by atoms with van der Waals surface area (Å²) in [5, 5.41) is 28.6. The van der Waals surface area contributed by atoms with Gasteiger partial charge in [-0.15, -0.1) is 0 Å². The zero-order valence-corrected chi connectivity index (χ0v) is 52.4. The molecule has 4 bridgehead atoms. The number of nitrogens with one attached hydrogen (secondary N) is 6. The van der Waals surface area contributed by atoms with Crippen LogP contribution in [0, 0.1) is 18.8 Å². The Morgan fingerprint density at radius 3 is 2.38 bits per heavy atom. The lowest BCUT2D eigenvalue weighted by Crippen LogP contribution is -2.63. The highest BCUT2D eigenvalue weighted by Gasteiger charge is 2.64. The standard InChI is InChI=1S/C60H83BrClN9O14/c1-33(2)50(68-47(72)24-13-12-16-25-64-52(74)36(5)32-61)54(76)67-42(22-18-26-65-57(63)79)53(75)66-41-21-15-14-20-40(41)55(77)70(9)38(7)56(78)84-46-30-48(73)71(10)43-29-39(28-35(4)49(43)62)27-34(3)19-17-23-45(82-11)60(81)31-44(83-58(80)69-60)37(6)51-59(46,8)85-51/h14-15,17,19-21,23,28-29,33,37-38,42,44-46,50-51,81H,5,12-13,16,18,22,24-27,30-32H2,1-4,6-11H3,(H,64,74)(H,66,75)(H,67,76)(H,68,72)(H,69,80)(H3,63,65,79)/b23-17+,34-19+/t37-,38+,42+,44+,45-,46+,50+,51+,59+,60+/m1/s1. The fourth-order valence-electron chi connectivity index (χ4n) is 10.2. The summed E-state index contributed by atoms with van der Waals surface area (Å²) in [6.07, 6.45) is 2.16. The van der Waals surface area contributed by atoms with Crippen LogP contribution in [0.25, 0.3) is 0 Å². The molecule has 2 fully saturated rings. The Morgan fingerprint density at radius 2 is 1.71 bits per heavy atom. The van der Waals surface area contributed by atoms with Gasteiger partial charge in [0.1, 0.15) is 42.0 Å². The summed E-state index contributed by atoms with van der Waals surface area (Å²) in [5.41, 5.74) is 5.24. The molecule has 0 aliphatic carbocycles. The van der Waals surface area contributed by atoms with Crippen LogP contribution in [0.3, 0.4) is 0 Å². The molecule has 0 aromatic heterocycles. The molecule has 2 aromatic rings. The number of alkyl carbamates (subject to hydrolysis) is 1. The lowest BCUT2D eigenvalue weighted by molar-refractivity contribution is -0.158. The highest BCUT2D eigenvalue weighted by molar-refractivity contribution is 9.09. The van der Waals surface area contributed by atoms with E-state index in [4.69, 9.17) is 36.3 Å². The minimum atomic E-state index is -1.91. The lowest BCUT2D eigenvalue weighted by atomic mass is 9.83. The summed E-state index contributed by atoms with van der Waals surface area (Å²) in [6.45, 7) is 16.2. The Morgan fingerprint density at radius 1 is 1.01 bits per heavy atom. The Kier molecular flexibility index (Phi) is 25.1. The van der Waals surface area contributed by atoms with Crippen LogP contribution in [0.4, 0.5) is 21.0 Å². The molecule has 9 N–H and O–H groups in total. The number of nitrogens with two attached hydrogens (primary N) is 1. The summed E-state index contributed by atoms with van der Waals surface area (Å²) in [6, 6.07) is 5.32. The third-order valence-electron chi connectivity index (χ3n) is 15.6. The molecule has 0 saturated carbocycles. The maximum atomic E-state index is 14.5. The number of hydrogen-bond acceptors (Lipinski definition) is 14. The number of benzene rings is 2. The molecule has 2 saturated heterocycles. The Labute approximate surface area is 510 Å². The van der Waals surface area contributed by atoms with E-state index in [0.717, 1.165) is 16.0 Å². The van der Waals surface area contributed by atoms with Crippen molar-refractivity contribution in [1.82, 2.24) is 31.5 Å². The number of anilines is 2. The lowest BCUT2D eigenvalue weighted by Gasteiger charge is -2.42. The van der Waals surface area contributed by atoms with Crippen molar-refractivity contribution in [3.63, 3.8) is 0 Å². The number of aryl methyl sites for hydroxylation is 1. The molecule has 9 amide bonds. The Balaban J connectivity index is 1.35. The predicted octanol–water partition coefficient (Wildman–Crippen LogP) is 5.77. The summed E-state index contributed by atoms with van der Waals surface area (Å²) in [4.78, 5) is 124. The number of allylic oxidation sites excluding steroid dienone is 3. The van der Waals surface area contributed by atoms with Crippen LogP contribution in [0.5, 0.6) is 0 Å². The highest BCUT2D eigenvalue weighted by atomic mass is 79.9. The molecule has 3 aliphatic heterocycles. The van der Waals surface area contributed by atoms with Crippen LogP contribution in [0.1, 0.15) is 114 Å². The van der Waals surface area contributed by atoms with Crippen molar-refractivity contribution in [2.24, 2.45) is 17.6 Å². The number of carbonyl (C=O) groups is 9. The number of unbranched alkanes of at least 4 members (excludes halogenated alkanes) is 2. The van der Waals surface area contributed by atoms with Crippen molar-refractivity contribution < 1.29 is 67.2 Å². The number of methoxy groups -OCH3 is 1. The van der Waals surface area contributed by atoms with E-state index in [9.17, 15) is 48.3 Å². The first-order valence-corrected chi connectivity index (χ1v) is 29.9. The van der Waals surface area contributed by atoms with Gasteiger partial charge >= 0.3 is 18.1 Å². The monoisotopic (exact) mass is 1270 g/mol. The molecule has 466 valence electrons. The first-order valence-electron chi connectivity index (χ1n) is 28.4. The van der Waals surface area contributed by atoms with Crippen LogP contribution >= 0.6 is 27.5 Å². The Bertz CT molecular complexity index is 2890. The molecule has 0 radical (unpaired) electrons. The Hall–Kier alpha value is -6.86. The van der Waals surface area contributed by atoms with E-state index >= 15 is 0 Å². The minimum absolute atomic E-state index is 0.00970. The van der Waals surface area contributed by atoms with Crippen molar-refractivity contribution in [3.05, 3.63) is 94.1 Å². The van der Waals surface area contributed by atoms with Crippen LogP contribution < -0.4 is 42.5 Å². The van der Waals surface area contributed by atoms with Crippen LogP contribution in [-0.2, 0) is 54.1 Å². The maximum absolute atomic E-state index is 14.5. The van der Waals surface area contributed by atoms with Gasteiger partial charge in [-0.05, 0) is 95.0 Å². The molecule has 0 unspecified atom stereocenters. The second-order valence-electron chi connectivity index (χ2n) is 22.6. The molecule has 0 spiro atoms. The average Bonchev–Trinajstić information content (AvgIpc) is 1.68. The van der Waals surface area contributed by atoms with Gasteiger partial charge in [0.05, 0.1) is 34.5 Å². The van der Waals surface area contributed by atoms with Gasteiger partial charge in [-0.25, -0.2) is 14.4 Å². The van der Waals surface area contributed by atoms with Crippen LogP contribution in [0.2, 0.25) is 5.02 Å². The van der Waals surface area contributed by atoms with Gasteiger partial charge in [0.15, 0.2) is 5.72 Å². The number of rotatable bonds is 23. The average molecular weight is 1270 g/mol. The van der Waals surface area contributed by atoms with Crippen LogP contribution in [-0.4, -0.2) is 157 Å². The van der Waals surface area contributed by atoms with Gasteiger partial charge in [0.2, 0.25) is 29.5 Å². The minimum Gasteiger partial charge on any atom is -0.457 e. The molecule has 2 aromatic carbocycles. The van der Waals surface area contributed by atoms with Crippen molar-refractivity contribution in [2.45, 2.75) is 160 Å². The van der Waals surface area contributed by atoms with E-state index in [1.54, 1.807) is 65.1 Å². The van der Waals surface area contributed by atoms with Crippen LogP contribution in [0.15, 0.2) is 72.4 Å². The quantitative estimate of drug-likeness (QED) is 0.0216. The number of amides is 9. The number of aliphatic hydroxyl groups is 1. The largest absolute Gasteiger partial charge is 0.457 e. The van der Waals surface area contributed by atoms with Crippen molar-refractivity contribution in [3.8, 4) is 0 Å². The number of fused-ring (bicyclic) bond motifs is 5. The third kappa shape index (κ3) is 18.6. The van der Waals surface area contributed by atoms with Gasteiger partial charge in [-0.2, -0.15) is 0 Å². The molecule has 3 heterocycles. The van der Waals surface area contributed by atoms with Gasteiger partial charge in [0.25, 0.3) is 5.91 Å². The van der Waals surface area contributed by atoms with Crippen molar-refractivity contribution in [1.29, 1.82) is 0 Å². The van der Waals surface area contributed by atoms with E-state index in [-0.39, 0.29) is 55.3 Å². The number of ether oxygens (including phenoxy) is 4. The molecule has 5 rings (SSSR count). The van der Waals surface area contributed by atoms with E-state index in [1.807, 2.05) is 26.0 Å². The van der Waals surface area contributed by atoms with E-state index in [2.05, 4.69) is 54.4 Å². The molecule has 23 nitrogen and oxygen atoms in total. The van der Waals surface area contributed by atoms with Gasteiger partial charge in [-0.1, -0.05) is 103 Å². The van der Waals surface area contributed by atoms with Gasteiger partial charge in [-0.3, -0.25) is 34.1 Å². The first kappa shape index (κ1) is 68.9. The number of nitrogens with zero attached hydrogens (tertiary/aromatic N) is 2. The molecule has 85 heavy (non-hydrogen) atoms. The molecule has 25 heteroatoms. The second-order valence-corrected chi connectivity index (χ2v) is 23.5. The number of para-hydroxylation sites is 1. The number of likely N-dealkylation sites (N-methyl/N-ethyl adjacent to an activating group) is 1. The van der Waals surface area contributed by atoms with Gasteiger partial charge in [0, 0.05) is 64.0 Å². The van der Waals surface area contributed by atoms with Crippen molar-refractivity contribution >= 4 is 92.4 Å². The van der Waals surface area contributed by atoms with E-state index in [0.29, 0.717) is 59.4 Å². The van der Waals surface area contributed by atoms with E-state index in [1.165, 1.54) is 38.1 Å². The summed E-state index contributed by atoms with van der Waals surface area (Å²) in [7, 11) is 4.33.